The molecule has 0 saturated carbocycles. The van der Waals surface area contributed by atoms with Gasteiger partial charge in [0.25, 0.3) is 0 Å². The SMILES string of the molecule is CC(C)(CN)CC(=O)Nc1ccc2c(c1)OCCO2. The minimum atomic E-state index is -0.197. The number of benzene rings is 1. The number of ether oxygens (including phenoxy) is 2. The highest BCUT2D eigenvalue weighted by Crippen LogP contribution is 2.32. The van der Waals surface area contributed by atoms with Gasteiger partial charge in [-0.2, -0.15) is 0 Å². The van der Waals surface area contributed by atoms with Crippen molar-refractivity contribution in [3.8, 4) is 11.5 Å². The molecule has 3 N–H and O–H groups in total. The van der Waals surface area contributed by atoms with E-state index in [4.69, 9.17) is 15.2 Å². The molecule has 104 valence electrons. The molecule has 0 bridgehead atoms. The molecule has 0 spiro atoms. The highest BCUT2D eigenvalue weighted by molar-refractivity contribution is 5.91. The third-order valence-corrected chi connectivity index (χ3v) is 3.02. The van der Waals surface area contributed by atoms with Gasteiger partial charge in [-0.05, 0) is 24.1 Å². The first-order chi connectivity index (χ1) is 9.00. The number of carbonyl (C=O) groups is 1. The summed E-state index contributed by atoms with van der Waals surface area (Å²) in [5.41, 5.74) is 6.14. The zero-order chi connectivity index (χ0) is 13.9. The highest BCUT2D eigenvalue weighted by atomic mass is 16.6. The van der Waals surface area contributed by atoms with Crippen molar-refractivity contribution in [1.82, 2.24) is 0 Å². The van der Waals surface area contributed by atoms with Gasteiger partial charge in [-0.25, -0.2) is 0 Å². The van der Waals surface area contributed by atoms with E-state index >= 15 is 0 Å². The van der Waals surface area contributed by atoms with Crippen LogP contribution in [0.1, 0.15) is 20.3 Å². The monoisotopic (exact) mass is 264 g/mol. The van der Waals surface area contributed by atoms with Crippen LogP contribution < -0.4 is 20.5 Å². The lowest BCUT2D eigenvalue weighted by molar-refractivity contribution is -0.117. The van der Waals surface area contributed by atoms with Gasteiger partial charge < -0.3 is 20.5 Å². The molecule has 2 rings (SSSR count). The van der Waals surface area contributed by atoms with Gasteiger partial charge >= 0.3 is 0 Å². The van der Waals surface area contributed by atoms with E-state index in [1.165, 1.54) is 0 Å². The van der Waals surface area contributed by atoms with Crippen LogP contribution in [0.3, 0.4) is 0 Å². The third-order valence-electron chi connectivity index (χ3n) is 3.02. The number of carbonyl (C=O) groups excluding carboxylic acids is 1. The van der Waals surface area contributed by atoms with Gasteiger partial charge in [0.2, 0.25) is 5.91 Å². The first-order valence-electron chi connectivity index (χ1n) is 6.40. The lowest BCUT2D eigenvalue weighted by Gasteiger charge is -2.22. The van der Waals surface area contributed by atoms with Crippen molar-refractivity contribution in [2.75, 3.05) is 25.1 Å². The number of fused-ring (bicyclic) bond motifs is 1. The summed E-state index contributed by atoms with van der Waals surface area (Å²) in [6, 6.07) is 5.39. The number of hydrogen-bond donors (Lipinski definition) is 2. The average Bonchev–Trinajstić information content (AvgIpc) is 2.38. The molecular formula is C14H20N2O3. The van der Waals surface area contributed by atoms with Crippen LogP contribution >= 0.6 is 0 Å². The fourth-order valence-corrected chi connectivity index (χ4v) is 1.83. The maximum atomic E-state index is 11.9. The number of nitrogens with one attached hydrogen (secondary N) is 1. The average molecular weight is 264 g/mol. The predicted molar refractivity (Wildman–Crippen MR) is 73.5 cm³/mol. The molecule has 5 heteroatoms. The van der Waals surface area contributed by atoms with Crippen LogP contribution in [0.15, 0.2) is 18.2 Å². The summed E-state index contributed by atoms with van der Waals surface area (Å²) in [6.07, 6.45) is 0.387. The van der Waals surface area contributed by atoms with Crippen LogP contribution in [0.25, 0.3) is 0 Å². The summed E-state index contributed by atoms with van der Waals surface area (Å²) in [4.78, 5) is 11.9. The van der Waals surface area contributed by atoms with Gasteiger partial charge in [-0.3, -0.25) is 4.79 Å². The van der Waals surface area contributed by atoms with E-state index in [0.717, 1.165) is 0 Å². The summed E-state index contributed by atoms with van der Waals surface area (Å²) in [6.45, 7) is 5.50. The van der Waals surface area contributed by atoms with E-state index in [1.807, 2.05) is 13.8 Å². The first kappa shape index (κ1) is 13.7. The van der Waals surface area contributed by atoms with Crippen LogP contribution in [-0.4, -0.2) is 25.7 Å². The van der Waals surface area contributed by atoms with Crippen LogP contribution in [0, 0.1) is 5.41 Å². The highest BCUT2D eigenvalue weighted by Gasteiger charge is 2.20. The number of hydrogen-bond acceptors (Lipinski definition) is 4. The second kappa shape index (κ2) is 5.48. The van der Waals surface area contributed by atoms with Crippen molar-refractivity contribution in [3.05, 3.63) is 18.2 Å². The van der Waals surface area contributed by atoms with E-state index in [9.17, 15) is 4.79 Å². The molecule has 1 aliphatic rings. The molecule has 0 unspecified atom stereocenters. The summed E-state index contributed by atoms with van der Waals surface area (Å²) in [5, 5.41) is 2.85. The Morgan fingerprint density at radius 2 is 2.00 bits per heavy atom. The van der Waals surface area contributed by atoms with Crippen molar-refractivity contribution < 1.29 is 14.3 Å². The molecular weight excluding hydrogens is 244 g/mol. The Kier molecular flexibility index (Phi) is 3.95. The molecule has 1 aromatic rings. The molecule has 5 nitrogen and oxygen atoms in total. The Morgan fingerprint density at radius 3 is 2.68 bits per heavy atom. The van der Waals surface area contributed by atoms with Crippen LogP contribution in [-0.2, 0) is 4.79 Å². The lowest BCUT2D eigenvalue weighted by atomic mass is 9.89. The Morgan fingerprint density at radius 1 is 1.32 bits per heavy atom. The fourth-order valence-electron chi connectivity index (χ4n) is 1.83. The Hall–Kier alpha value is -1.75. The first-order valence-corrected chi connectivity index (χ1v) is 6.40. The molecule has 0 aliphatic carbocycles. The van der Waals surface area contributed by atoms with E-state index in [-0.39, 0.29) is 11.3 Å². The summed E-state index contributed by atoms with van der Waals surface area (Å²) in [7, 11) is 0. The zero-order valence-electron chi connectivity index (χ0n) is 11.4. The number of anilines is 1. The van der Waals surface area contributed by atoms with Crippen LogP contribution in [0.5, 0.6) is 11.5 Å². The third kappa shape index (κ3) is 3.61. The second-order valence-electron chi connectivity index (χ2n) is 5.45. The van der Waals surface area contributed by atoms with Crippen molar-refractivity contribution in [2.45, 2.75) is 20.3 Å². The van der Waals surface area contributed by atoms with Gasteiger partial charge in [0.15, 0.2) is 11.5 Å². The normalized spacial score (nSPS) is 14.1. The molecule has 0 aromatic heterocycles. The molecule has 19 heavy (non-hydrogen) atoms. The van der Waals surface area contributed by atoms with E-state index < -0.39 is 0 Å². The van der Waals surface area contributed by atoms with Crippen LogP contribution in [0.4, 0.5) is 5.69 Å². The molecule has 0 atom stereocenters. The Balaban J connectivity index is 2.01. The molecule has 0 saturated heterocycles. The molecule has 0 fully saturated rings. The largest absolute Gasteiger partial charge is 0.486 e. The van der Waals surface area contributed by atoms with Crippen molar-refractivity contribution in [2.24, 2.45) is 11.1 Å². The summed E-state index contributed by atoms with van der Waals surface area (Å²) in [5.74, 6) is 1.33. The van der Waals surface area contributed by atoms with E-state index in [1.54, 1.807) is 18.2 Å². The topological polar surface area (TPSA) is 73.6 Å². The number of amides is 1. The maximum Gasteiger partial charge on any atom is 0.224 e. The Labute approximate surface area is 113 Å². The quantitative estimate of drug-likeness (QED) is 0.869. The van der Waals surface area contributed by atoms with E-state index in [2.05, 4.69) is 5.32 Å². The van der Waals surface area contributed by atoms with E-state index in [0.29, 0.717) is 43.4 Å². The standard InChI is InChI=1S/C14H20N2O3/c1-14(2,9-15)8-13(17)16-10-3-4-11-12(7-10)19-6-5-18-11/h3-4,7H,5-6,8-9,15H2,1-2H3,(H,16,17). The van der Waals surface area contributed by atoms with Gasteiger partial charge in [-0.15, -0.1) is 0 Å². The van der Waals surface area contributed by atoms with Gasteiger partial charge in [0.05, 0.1) is 0 Å². The Bertz CT molecular complexity index is 472. The summed E-state index contributed by atoms with van der Waals surface area (Å²) >= 11 is 0. The fraction of sp³-hybridized carbons (Fsp3) is 0.500. The number of rotatable bonds is 4. The minimum Gasteiger partial charge on any atom is -0.486 e. The summed E-state index contributed by atoms with van der Waals surface area (Å²) < 4.78 is 10.9. The van der Waals surface area contributed by atoms with Crippen LogP contribution in [0.2, 0.25) is 0 Å². The molecule has 1 heterocycles. The van der Waals surface area contributed by atoms with Gasteiger partial charge in [0, 0.05) is 18.2 Å². The van der Waals surface area contributed by atoms with Crippen molar-refractivity contribution >= 4 is 11.6 Å². The molecule has 1 aromatic carbocycles. The predicted octanol–water partition coefficient (Wildman–Crippen LogP) is 1.77. The minimum absolute atomic E-state index is 0.0490. The maximum absolute atomic E-state index is 11.9. The van der Waals surface area contributed by atoms with Gasteiger partial charge in [-0.1, -0.05) is 13.8 Å². The van der Waals surface area contributed by atoms with Gasteiger partial charge in [0.1, 0.15) is 13.2 Å². The lowest BCUT2D eigenvalue weighted by Crippen LogP contribution is -2.29. The number of nitrogens with two attached hydrogens (primary N) is 1. The molecule has 1 aliphatic heterocycles. The zero-order valence-corrected chi connectivity index (χ0v) is 11.4. The smallest absolute Gasteiger partial charge is 0.224 e. The molecule has 0 radical (unpaired) electrons. The van der Waals surface area contributed by atoms with Crippen molar-refractivity contribution in [3.63, 3.8) is 0 Å². The van der Waals surface area contributed by atoms with Crippen molar-refractivity contribution in [1.29, 1.82) is 0 Å². The molecule has 1 amide bonds. The second-order valence-corrected chi connectivity index (χ2v) is 5.45.